The molecule has 1 aromatic heterocycles. The van der Waals surface area contributed by atoms with E-state index in [0.29, 0.717) is 12.6 Å². The predicted molar refractivity (Wildman–Crippen MR) is 80.4 cm³/mol. The minimum atomic E-state index is 0.169. The smallest absolute Gasteiger partial charge is 0.128 e. The quantitative estimate of drug-likeness (QED) is 0.718. The zero-order valence-electron chi connectivity index (χ0n) is 12.4. The molecule has 0 atom stereocenters. The standard InChI is InChI=1S/C15H27N3O/c1-4-5-8-18(9-10-19)15-7-6-14(12-17-15)11-16-13(2)3/h6-7,12-13,16,19H,4-5,8-11H2,1-3H3. The number of rotatable bonds is 9. The number of aliphatic hydroxyl groups excluding tert-OH is 1. The molecule has 0 radical (unpaired) electrons. The van der Waals surface area contributed by atoms with Gasteiger partial charge < -0.3 is 15.3 Å². The molecule has 0 bridgehead atoms. The Bertz CT molecular complexity index is 338. The maximum atomic E-state index is 9.12. The van der Waals surface area contributed by atoms with Crippen LogP contribution in [0.15, 0.2) is 18.3 Å². The molecule has 0 aliphatic rings. The van der Waals surface area contributed by atoms with Crippen molar-refractivity contribution in [1.29, 1.82) is 0 Å². The molecule has 108 valence electrons. The minimum Gasteiger partial charge on any atom is -0.395 e. The van der Waals surface area contributed by atoms with Crippen molar-refractivity contribution >= 4 is 5.82 Å². The van der Waals surface area contributed by atoms with Gasteiger partial charge in [0.15, 0.2) is 0 Å². The van der Waals surface area contributed by atoms with E-state index in [-0.39, 0.29) is 6.61 Å². The molecule has 0 fully saturated rings. The summed E-state index contributed by atoms with van der Waals surface area (Å²) in [6.07, 6.45) is 4.19. The maximum absolute atomic E-state index is 9.12. The van der Waals surface area contributed by atoms with E-state index in [2.05, 4.69) is 42.0 Å². The Morgan fingerprint density at radius 1 is 1.32 bits per heavy atom. The topological polar surface area (TPSA) is 48.4 Å². The first-order valence-electron chi connectivity index (χ1n) is 7.21. The molecule has 4 heteroatoms. The summed E-state index contributed by atoms with van der Waals surface area (Å²) in [5.41, 5.74) is 1.19. The van der Waals surface area contributed by atoms with E-state index in [1.807, 2.05) is 12.3 Å². The average Bonchev–Trinajstić information content (AvgIpc) is 2.42. The summed E-state index contributed by atoms with van der Waals surface area (Å²) in [6, 6.07) is 4.63. The summed E-state index contributed by atoms with van der Waals surface area (Å²) in [7, 11) is 0. The molecule has 0 aromatic carbocycles. The maximum Gasteiger partial charge on any atom is 0.128 e. The third kappa shape index (κ3) is 6.03. The Morgan fingerprint density at radius 3 is 2.63 bits per heavy atom. The fourth-order valence-corrected chi connectivity index (χ4v) is 1.84. The number of unbranched alkanes of at least 4 members (excludes halogenated alkanes) is 1. The van der Waals surface area contributed by atoms with Gasteiger partial charge in [-0.15, -0.1) is 0 Å². The van der Waals surface area contributed by atoms with Gasteiger partial charge in [-0.1, -0.05) is 33.3 Å². The van der Waals surface area contributed by atoms with Gasteiger partial charge in [0.25, 0.3) is 0 Å². The Morgan fingerprint density at radius 2 is 2.11 bits per heavy atom. The normalized spacial score (nSPS) is 11.0. The number of hydrogen-bond acceptors (Lipinski definition) is 4. The zero-order valence-corrected chi connectivity index (χ0v) is 12.4. The Hall–Kier alpha value is -1.13. The summed E-state index contributed by atoms with van der Waals surface area (Å²) in [5, 5.41) is 12.5. The fourth-order valence-electron chi connectivity index (χ4n) is 1.84. The minimum absolute atomic E-state index is 0.169. The summed E-state index contributed by atoms with van der Waals surface area (Å²) in [4.78, 5) is 6.65. The van der Waals surface area contributed by atoms with Crippen LogP contribution in [-0.2, 0) is 6.54 Å². The second kappa shape index (κ2) is 8.88. The van der Waals surface area contributed by atoms with Gasteiger partial charge >= 0.3 is 0 Å². The second-order valence-corrected chi connectivity index (χ2v) is 5.12. The van der Waals surface area contributed by atoms with E-state index >= 15 is 0 Å². The van der Waals surface area contributed by atoms with Gasteiger partial charge in [0, 0.05) is 31.9 Å². The van der Waals surface area contributed by atoms with Crippen LogP contribution in [0.25, 0.3) is 0 Å². The highest BCUT2D eigenvalue weighted by atomic mass is 16.3. The molecule has 1 aromatic rings. The van der Waals surface area contributed by atoms with Crippen molar-refractivity contribution in [2.45, 2.75) is 46.2 Å². The molecule has 0 unspecified atom stereocenters. The van der Waals surface area contributed by atoms with Gasteiger partial charge in [-0.25, -0.2) is 4.98 Å². The van der Waals surface area contributed by atoms with Crippen LogP contribution in [0.5, 0.6) is 0 Å². The van der Waals surface area contributed by atoms with Crippen LogP contribution in [0.4, 0.5) is 5.82 Å². The molecule has 0 saturated heterocycles. The molecule has 0 amide bonds. The number of pyridine rings is 1. The zero-order chi connectivity index (χ0) is 14.1. The lowest BCUT2D eigenvalue weighted by Crippen LogP contribution is -2.28. The summed E-state index contributed by atoms with van der Waals surface area (Å²) in [6.45, 7) is 9.06. The summed E-state index contributed by atoms with van der Waals surface area (Å²) >= 11 is 0. The van der Waals surface area contributed by atoms with Crippen LogP contribution in [0.2, 0.25) is 0 Å². The largest absolute Gasteiger partial charge is 0.395 e. The number of nitrogens with zero attached hydrogens (tertiary/aromatic N) is 2. The van der Waals surface area contributed by atoms with E-state index in [1.54, 1.807) is 0 Å². The predicted octanol–water partition coefficient (Wildman–Crippen LogP) is 2.18. The lowest BCUT2D eigenvalue weighted by Gasteiger charge is -2.22. The van der Waals surface area contributed by atoms with Gasteiger partial charge in [0.1, 0.15) is 5.82 Å². The molecule has 0 aliphatic carbocycles. The highest BCUT2D eigenvalue weighted by Crippen LogP contribution is 2.12. The van der Waals surface area contributed by atoms with E-state index in [9.17, 15) is 0 Å². The highest BCUT2D eigenvalue weighted by molar-refractivity contribution is 5.39. The first-order chi connectivity index (χ1) is 9.17. The second-order valence-electron chi connectivity index (χ2n) is 5.12. The van der Waals surface area contributed by atoms with Gasteiger partial charge in [-0.2, -0.15) is 0 Å². The average molecular weight is 265 g/mol. The van der Waals surface area contributed by atoms with Gasteiger partial charge in [0.2, 0.25) is 0 Å². The fraction of sp³-hybridized carbons (Fsp3) is 0.667. The molecule has 2 N–H and O–H groups in total. The Balaban J connectivity index is 2.60. The van der Waals surface area contributed by atoms with E-state index in [1.165, 1.54) is 5.56 Å². The molecule has 1 heterocycles. The lowest BCUT2D eigenvalue weighted by atomic mass is 10.2. The number of aliphatic hydroxyl groups is 1. The van der Waals surface area contributed by atoms with Crippen molar-refractivity contribution < 1.29 is 5.11 Å². The first-order valence-corrected chi connectivity index (χ1v) is 7.21. The molecular formula is C15H27N3O. The number of aromatic nitrogens is 1. The van der Waals surface area contributed by atoms with Crippen molar-refractivity contribution in [3.63, 3.8) is 0 Å². The molecular weight excluding hydrogens is 238 g/mol. The monoisotopic (exact) mass is 265 g/mol. The van der Waals surface area contributed by atoms with Gasteiger partial charge in [-0.05, 0) is 18.1 Å². The summed E-state index contributed by atoms with van der Waals surface area (Å²) in [5.74, 6) is 0.954. The van der Waals surface area contributed by atoms with Crippen LogP contribution >= 0.6 is 0 Å². The van der Waals surface area contributed by atoms with Crippen LogP contribution in [0, 0.1) is 0 Å². The third-order valence-corrected chi connectivity index (χ3v) is 3.00. The highest BCUT2D eigenvalue weighted by Gasteiger charge is 2.06. The van der Waals surface area contributed by atoms with E-state index in [0.717, 1.165) is 31.7 Å². The van der Waals surface area contributed by atoms with Gasteiger partial charge in [0.05, 0.1) is 6.61 Å². The van der Waals surface area contributed by atoms with Crippen molar-refractivity contribution in [3.8, 4) is 0 Å². The van der Waals surface area contributed by atoms with E-state index < -0.39 is 0 Å². The third-order valence-electron chi connectivity index (χ3n) is 3.00. The molecule has 0 spiro atoms. The molecule has 0 saturated carbocycles. The number of nitrogens with one attached hydrogen (secondary N) is 1. The first kappa shape index (κ1) is 15.9. The summed E-state index contributed by atoms with van der Waals surface area (Å²) < 4.78 is 0. The van der Waals surface area contributed by atoms with Crippen LogP contribution < -0.4 is 10.2 Å². The van der Waals surface area contributed by atoms with Crippen LogP contribution in [-0.4, -0.2) is 35.8 Å². The molecule has 1 rings (SSSR count). The van der Waals surface area contributed by atoms with Crippen LogP contribution in [0.1, 0.15) is 39.2 Å². The Labute approximate surface area is 116 Å². The molecule has 4 nitrogen and oxygen atoms in total. The van der Waals surface area contributed by atoms with Crippen molar-refractivity contribution in [1.82, 2.24) is 10.3 Å². The SMILES string of the molecule is CCCCN(CCO)c1ccc(CNC(C)C)cn1. The van der Waals surface area contributed by atoms with Gasteiger partial charge in [-0.3, -0.25) is 0 Å². The van der Waals surface area contributed by atoms with Crippen LogP contribution in [0.3, 0.4) is 0 Å². The lowest BCUT2D eigenvalue weighted by molar-refractivity contribution is 0.301. The molecule has 0 aliphatic heterocycles. The Kier molecular flexibility index (Phi) is 7.45. The van der Waals surface area contributed by atoms with Crippen molar-refractivity contribution in [3.05, 3.63) is 23.9 Å². The molecule has 19 heavy (non-hydrogen) atoms. The number of hydrogen-bond donors (Lipinski definition) is 2. The van der Waals surface area contributed by atoms with Crippen molar-refractivity contribution in [2.75, 3.05) is 24.6 Å². The van der Waals surface area contributed by atoms with E-state index in [4.69, 9.17) is 5.11 Å². The number of anilines is 1. The van der Waals surface area contributed by atoms with Crippen molar-refractivity contribution in [2.24, 2.45) is 0 Å².